The molecule has 0 spiro atoms. The monoisotopic (exact) mass is 500 g/mol. The quantitative estimate of drug-likeness (QED) is 0.428. The molecule has 0 saturated carbocycles. The van der Waals surface area contributed by atoms with Gasteiger partial charge < -0.3 is 15.2 Å². The molecule has 3 heterocycles. The van der Waals surface area contributed by atoms with E-state index in [1.165, 1.54) is 0 Å². The molecule has 0 amide bonds. The topological polar surface area (TPSA) is 92.9 Å². The third-order valence-corrected chi connectivity index (χ3v) is 6.46. The van der Waals surface area contributed by atoms with E-state index in [4.69, 9.17) is 5.73 Å². The number of nitrogens with two attached hydrogens (primary N) is 1. The zero-order chi connectivity index (χ0) is 24.2. The maximum atomic E-state index is 13.7. The molecule has 2 N–H and O–H groups in total. The maximum absolute atomic E-state index is 13.7. The lowest BCUT2D eigenvalue weighted by molar-refractivity contribution is 0.498. The smallest absolute Gasteiger partial charge is 0.278 e. The lowest BCUT2D eigenvalue weighted by Crippen LogP contribution is -2.44. The summed E-state index contributed by atoms with van der Waals surface area (Å²) in [7, 11) is 0. The van der Waals surface area contributed by atoms with Crippen molar-refractivity contribution < 1.29 is 0 Å². The molecule has 2 aromatic heterocycles. The lowest BCUT2D eigenvalue weighted by atomic mass is 10.1. The van der Waals surface area contributed by atoms with E-state index in [1.807, 2.05) is 77.4 Å². The first-order valence-corrected chi connectivity index (χ1v) is 11.9. The Hall–Kier alpha value is -3.86. The van der Waals surface area contributed by atoms with Gasteiger partial charge >= 0.3 is 0 Å². The summed E-state index contributed by atoms with van der Waals surface area (Å²) in [5.74, 6) is 0.740. The molecule has 0 unspecified atom stereocenters. The van der Waals surface area contributed by atoms with Gasteiger partial charge in [0.05, 0.1) is 6.33 Å². The molecule has 8 heteroatoms. The Labute approximate surface area is 216 Å². The van der Waals surface area contributed by atoms with Gasteiger partial charge in [0.15, 0.2) is 0 Å². The Kier molecular flexibility index (Phi) is 7.89. The van der Waals surface area contributed by atoms with Crippen molar-refractivity contribution in [2.75, 3.05) is 18.0 Å². The minimum absolute atomic E-state index is 0. The van der Waals surface area contributed by atoms with Gasteiger partial charge in [0.2, 0.25) is 0 Å². The molecule has 184 valence electrons. The number of rotatable bonds is 6. The Morgan fingerprint density at radius 3 is 2.53 bits per heavy atom. The van der Waals surface area contributed by atoms with E-state index in [2.05, 4.69) is 16.0 Å². The fourth-order valence-corrected chi connectivity index (χ4v) is 4.80. The van der Waals surface area contributed by atoms with E-state index in [1.54, 1.807) is 10.9 Å². The average Bonchev–Trinajstić information content (AvgIpc) is 3.20. The Balaban J connectivity index is 0.00000304. The zero-order valence-electron chi connectivity index (χ0n) is 20.0. The molecule has 36 heavy (non-hydrogen) atoms. The van der Waals surface area contributed by atoms with Gasteiger partial charge in [-0.15, -0.1) is 12.4 Å². The van der Waals surface area contributed by atoms with Crippen LogP contribution in [0.25, 0.3) is 17.1 Å². The molecule has 1 aliphatic heterocycles. The van der Waals surface area contributed by atoms with Crippen molar-refractivity contribution in [1.82, 2.24) is 14.1 Å². The van der Waals surface area contributed by atoms with Crippen LogP contribution in [0.2, 0.25) is 0 Å². The molecule has 1 saturated heterocycles. The number of nitriles is 1. The summed E-state index contributed by atoms with van der Waals surface area (Å²) in [6.45, 7) is 2.30. The van der Waals surface area contributed by atoms with Gasteiger partial charge in [-0.3, -0.25) is 9.36 Å². The van der Waals surface area contributed by atoms with Crippen LogP contribution >= 0.6 is 12.4 Å². The van der Waals surface area contributed by atoms with Gasteiger partial charge in [0, 0.05) is 32.2 Å². The van der Waals surface area contributed by atoms with Gasteiger partial charge in [-0.05, 0) is 24.0 Å². The van der Waals surface area contributed by atoms with Crippen molar-refractivity contribution in [2.45, 2.75) is 32.0 Å². The molecule has 2 aromatic carbocycles. The van der Waals surface area contributed by atoms with Crippen molar-refractivity contribution in [3.05, 3.63) is 100 Å². The van der Waals surface area contributed by atoms with Crippen molar-refractivity contribution >= 4 is 35.3 Å². The summed E-state index contributed by atoms with van der Waals surface area (Å²) in [6, 6.07) is 22.3. The minimum atomic E-state index is -0.160. The van der Waals surface area contributed by atoms with Crippen LogP contribution in [0.5, 0.6) is 0 Å². The standard InChI is InChI=1S/C28H28N6O.ClH/c29-17-24-25-26(28(35)33(20-31-25)16-7-13-21-9-3-1-4-10-21)34(18-22-11-5-2-6-12-22)27(24)32-15-8-14-23(30)19-32;/h1-7,9-13,20,23H,8,14-16,18-19,30H2;1H/t23-;/m0./s1. The Bertz CT molecular complexity index is 1450. The minimum Gasteiger partial charge on any atom is -0.355 e. The van der Waals surface area contributed by atoms with Crippen LogP contribution in [0, 0.1) is 11.3 Å². The second-order valence-electron chi connectivity index (χ2n) is 8.94. The molecule has 1 fully saturated rings. The highest BCUT2D eigenvalue weighted by atomic mass is 35.5. The number of fused-ring (bicyclic) bond motifs is 1. The van der Waals surface area contributed by atoms with Crippen LogP contribution < -0.4 is 16.2 Å². The number of anilines is 1. The molecule has 0 radical (unpaired) electrons. The maximum Gasteiger partial charge on any atom is 0.278 e. The van der Waals surface area contributed by atoms with E-state index in [0.717, 1.165) is 36.3 Å². The summed E-state index contributed by atoms with van der Waals surface area (Å²) in [5.41, 5.74) is 9.59. The Morgan fingerprint density at radius 1 is 1.11 bits per heavy atom. The SMILES string of the molecule is Cl.N#Cc1c(N2CCC[C@H](N)C2)n(Cc2ccccc2)c2c(=O)n(CC=Cc3ccccc3)cnc12. The van der Waals surface area contributed by atoms with Crippen molar-refractivity contribution in [3.8, 4) is 6.07 Å². The fraction of sp³-hybridized carbons (Fsp3) is 0.250. The number of piperidine rings is 1. The molecule has 4 aromatic rings. The number of halogens is 1. The van der Waals surface area contributed by atoms with Gasteiger partial charge in [-0.1, -0.05) is 72.8 Å². The van der Waals surface area contributed by atoms with Crippen LogP contribution in [0.4, 0.5) is 5.82 Å². The summed E-state index contributed by atoms with van der Waals surface area (Å²) in [5, 5.41) is 10.1. The van der Waals surface area contributed by atoms with Crippen LogP contribution in [0.1, 0.15) is 29.5 Å². The first-order chi connectivity index (χ1) is 17.2. The van der Waals surface area contributed by atoms with E-state index in [0.29, 0.717) is 36.2 Å². The summed E-state index contributed by atoms with van der Waals surface area (Å²) >= 11 is 0. The molecule has 1 atom stereocenters. The van der Waals surface area contributed by atoms with Crippen LogP contribution in [0.15, 0.2) is 77.9 Å². The Morgan fingerprint density at radius 2 is 1.83 bits per heavy atom. The second kappa shape index (κ2) is 11.3. The van der Waals surface area contributed by atoms with E-state index >= 15 is 0 Å². The summed E-state index contributed by atoms with van der Waals surface area (Å²) in [6.07, 6.45) is 7.38. The van der Waals surface area contributed by atoms with Gasteiger partial charge in [-0.25, -0.2) is 4.98 Å². The molecule has 7 nitrogen and oxygen atoms in total. The van der Waals surface area contributed by atoms with Crippen molar-refractivity contribution in [2.24, 2.45) is 5.73 Å². The molecule has 0 aliphatic carbocycles. The number of nitrogens with zero attached hydrogens (tertiary/aromatic N) is 5. The highest BCUT2D eigenvalue weighted by molar-refractivity contribution is 5.89. The third kappa shape index (κ3) is 5.06. The average molecular weight is 501 g/mol. The van der Waals surface area contributed by atoms with Crippen LogP contribution in [0.3, 0.4) is 0 Å². The van der Waals surface area contributed by atoms with Crippen LogP contribution in [-0.4, -0.2) is 33.2 Å². The molecule has 5 rings (SSSR count). The summed E-state index contributed by atoms with van der Waals surface area (Å²) in [4.78, 5) is 20.5. The number of allylic oxidation sites excluding steroid dienone is 1. The highest BCUT2D eigenvalue weighted by Gasteiger charge is 2.28. The lowest BCUT2D eigenvalue weighted by Gasteiger charge is -2.33. The van der Waals surface area contributed by atoms with Gasteiger partial charge in [0.25, 0.3) is 5.56 Å². The predicted octanol–water partition coefficient (Wildman–Crippen LogP) is 4.18. The van der Waals surface area contributed by atoms with Crippen molar-refractivity contribution in [1.29, 1.82) is 5.26 Å². The largest absolute Gasteiger partial charge is 0.355 e. The van der Waals surface area contributed by atoms with Crippen LogP contribution in [-0.2, 0) is 13.1 Å². The van der Waals surface area contributed by atoms with E-state index < -0.39 is 0 Å². The number of hydrogen-bond acceptors (Lipinski definition) is 5. The highest BCUT2D eigenvalue weighted by Crippen LogP contribution is 2.32. The van der Waals surface area contributed by atoms with Gasteiger partial charge in [0.1, 0.15) is 28.5 Å². The van der Waals surface area contributed by atoms with E-state index in [-0.39, 0.29) is 24.0 Å². The predicted molar refractivity (Wildman–Crippen MR) is 146 cm³/mol. The number of aromatic nitrogens is 3. The first-order valence-electron chi connectivity index (χ1n) is 11.9. The third-order valence-electron chi connectivity index (χ3n) is 6.46. The number of hydrogen-bond donors (Lipinski definition) is 1. The van der Waals surface area contributed by atoms with Gasteiger partial charge in [-0.2, -0.15) is 5.26 Å². The number of benzene rings is 2. The molecular weight excluding hydrogens is 472 g/mol. The van der Waals surface area contributed by atoms with E-state index in [9.17, 15) is 10.1 Å². The molecule has 1 aliphatic rings. The second-order valence-corrected chi connectivity index (χ2v) is 8.94. The normalized spacial score (nSPS) is 15.7. The fourth-order valence-electron chi connectivity index (χ4n) is 4.80. The van der Waals surface area contributed by atoms with Crippen molar-refractivity contribution in [3.63, 3.8) is 0 Å². The first kappa shape index (κ1) is 25.2. The zero-order valence-corrected chi connectivity index (χ0v) is 20.8. The molecular formula is C28H29ClN6O. The summed E-state index contributed by atoms with van der Waals surface area (Å²) < 4.78 is 3.56. The molecule has 0 bridgehead atoms.